The van der Waals surface area contributed by atoms with Gasteiger partial charge in [0, 0.05) is 6.42 Å². The Morgan fingerprint density at radius 1 is 0.952 bits per heavy atom. The van der Waals surface area contributed by atoms with Gasteiger partial charge in [-0.1, -0.05) is 42.5 Å². The minimum absolute atomic E-state index is 0.183. The normalized spacial score (nSPS) is 10.3. The summed E-state index contributed by atoms with van der Waals surface area (Å²) in [5.41, 5.74) is 1.32. The summed E-state index contributed by atoms with van der Waals surface area (Å²) in [6.07, 6.45) is 0.709. The van der Waals surface area contributed by atoms with Crippen molar-refractivity contribution in [3.8, 4) is 5.75 Å². The van der Waals surface area contributed by atoms with Gasteiger partial charge in [0.15, 0.2) is 0 Å². The highest BCUT2D eigenvalue weighted by atomic mass is 16.5. The Morgan fingerprint density at radius 2 is 1.67 bits per heavy atom. The van der Waals surface area contributed by atoms with Crippen LogP contribution in [0.5, 0.6) is 5.75 Å². The van der Waals surface area contributed by atoms with Gasteiger partial charge in [-0.3, -0.25) is 0 Å². The molecule has 4 nitrogen and oxygen atoms in total. The Hall–Kier alpha value is -2.33. The van der Waals surface area contributed by atoms with Crippen molar-refractivity contribution in [1.82, 2.24) is 0 Å². The highest BCUT2D eigenvalue weighted by molar-refractivity contribution is 5.90. The first-order chi connectivity index (χ1) is 10.3. The molecule has 0 saturated heterocycles. The van der Waals surface area contributed by atoms with Crippen LogP contribution >= 0.6 is 0 Å². The average molecular weight is 286 g/mol. The summed E-state index contributed by atoms with van der Waals surface area (Å²) >= 11 is 0. The molecule has 0 aliphatic rings. The SMILES string of the molecule is O=C(O)c1ccccc1OCCCOCc1ccccc1. The van der Waals surface area contributed by atoms with E-state index in [-0.39, 0.29) is 5.56 Å². The minimum atomic E-state index is -0.981. The van der Waals surface area contributed by atoms with Gasteiger partial charge in [-0.15, -0.1) is 0 Å². The Kier molecular flexibility index (Phi) is 5.79. The predicted octanol–water partition coefficient (Wildman–Crippen LogP) is 3.37. The molecule has 21 heavy (non-hydrogen) atoms. The lowest BCUT2D eigenvalue weighted by atomic mass is 10.2. The van der Waals surface area contributed by atoms with Crippen molar-refractivity contribution in [2.45, 2.75) is 13.0 Å². The molecule has 0 atom stereocenters. The van der Waals surface area contributed by atoms with Crippen molar-refractivity contribution in [3.05, 3.63) is 65.7 Å². The molecule has 0 aliphatic heterocycles. The second-order valence-electron chi connectivity index (χ2n) is 4.54. The molecular formula is C17H18O4. The molecule has 0 aliphatic carbocycles. The third kappa shape index (κ3) is 4.93. The summed E-state index contributed by atoms with van der Waals surface area (Å²) in [4.78, 5) is 11.0. The zero-order chi connectivity index (χ0) is 14.9. The van der Waals surface area contributed by atoms with Gasteiger partial charge >= 0.3 is 5.97 Å². The lowest BCUT2D eigenvalue weighted by Crippen LogP contribution is -2.06. The molecule has 0 radical (unpaired) electrons. The van der Waals surface area contributed by atoms with E-state index in [0.717, 1.165) is 5.56 Å². The van der Waals surface area contributed by atoms with Crippen LogP contribution in [0.25, 0.3) is 0 Å². The fourth-order valence-corrected chi connectivity index (χ4v) is 1.88. The largest absolute Gasteiger partial charge is 0.493 e. The molecule has 2 rings (SSSR count). The Labute approximate surface area is 123 Å². The van der Waals surface area contributed by atoms with E-state index in [4.69, 9.17) is 14.6 Å². The van der Waals surface area contributed by atoms with Gasteiger partial charge in [0.2, 0.25) is 0 Å². The Balaban J connectivity index is 1.67. The van der Waals surface area contributed by atoms with E-state index in [1.807, 2.05) is 30.3 Å². The van der Waals surface area contributed by atoms with Gasteiger partial charge in [-0.25, -0.2) is 4.79 Å². The monoisotopic (exact) mass is 286 g/mol. The first-order valence-electron chi connectivity index (χ1n) is 6.84. The molecule has 2 aromatic carbocycles. The fourth-order valence-electron chi connectivity index (χ4n) is 1.88. The van der Waals surface area contributed by atoms with Crippen LogP contribution in [0.3, 0.4) is 0 Å². The third-order valence-corrected chi connectivity index (χ3v) is 2.92. The van der Waals surface area contributed by atoms with Crippen LogP contribution < -0.4 is 4.74 Å². The van der Waals surface area contributed by atoms with Crippen molar-refractivity contribution in [2.75, 3.05) is 13.2 Å². The lowest BCUT2D eigenvalue weighted by molar-refractivity contribution is 0.0691. The van der Waals surface area contributed by atoms with Crippen LogP contribution in [0, 0.1) is 0 Å². The summed E-state index contributed by atoms with van der Waals surface area (Å²) in [6, 6.07) is 16.6. The van der Waals surface area contributed by atoms with Gasteiger partial charge < -0.3 is 14.6 Å². The summed E-state index contributed by atoms with van der Waals surface area (Å²) in [5.74, 6) is -0.584. The molecule has 0 bridgehead atoms. The van der Waals surface area contributed by atoms with E-state index < -0.39 is 5.97 Å². The smallest absolute Gasteiger partial charge is 0.339 e. The molecule has 0 saturated carbocycles. The van der Waals surface area contributed by atoms with Gasteiger partial charge in [-0.05, 0) is 17.7 Å². The summed E-state index contributed by atoms with van der Waals surface area (Å²) in [6.45, 7) is 1.58. The molecule has 4 heteroatoms. The molecule has 0 heterocycles. The number of benzene rings is 2. The topological polar surface area (TPSA) is 55.8 Å². The fraction of sp³-hybridized carbons (Fsp3) is 0.235. The van der Waals surface area contributed by atoms with Crippen molar-refractivity contribution in [2.24, 2.45) is 0 Å². The summed E-state index contributed by atoms with van der Waals surface area (Å²) in [7, 11) is 0. The zero-order valence-electron chi connectivity index (χ0n) is 11.7. The molecule has 0 unspecified atom stereocenters. The molecule has 0 fully saturated rings. The standard InChI is InChI=1S/C17H18O4/c18-17(19)15-9-4-5-10-16(15)21-12-6-11-20-13-14-7-2-1-3-8-14/h1-5,7-10H,6,11-13H2,(H,18,19). The molecule has 0 aromatic heterocycles. The van der Waals surface area contributed by atoms with E-state index in [1.54, 1.807) is 18.2 Å². The van der Waals surface area contributed by atoms with Gasteiger partial charge in [0.25, 0.3) is 0 Å². The zero-order valence-corrected chi connectivity index (χ0v) is 11.7. The van der Waals surface area contributed by atoms with Crippen LogP contribution in [0.1, 0.15) is 22.3 Å². The summed E-state index contributed by atoms with van der Waals surface area (Å²) < 4.78 is 11.0. The predicted molar refractivity (Wildman–Crippen MR) is 79.6 cm³/mol. The van der Waals surface area contributed by atoms with Crippen molar-refractivity contribution in [3.63, 3.8) is 0 Å². The highest BCUT2D eigenvalue weighted by Crippen LogP contribution is 2.17. The molecule has 0 spiro atoms. The highest BCUT2D eigenvalue weighted by Gasteiger charge is 2.09. The van der Waals surface area contributed by atoms with E-state index in [1.165, 1.54) is 6.07 Å². The van der Waals surface area contributed by atoms with E-state index in [9.17, 15) is 4.79 Å². The Bertz CT molecular complexity index is 566. The second kappa shape index (κ2) is 8.07. The molecule has 110 valence electrons. The number of hydrogen-bond donors (Lipinski definition) is 1. The third-order valence-electron chi connectivity index (χ3n) is 2.92. The number of rotatable bonds is 8. The number of ether oxygens (including phenoxy) is 2. The average Bonchev–Trinajstić information content (AvgIpc) is 2.52. The number of carboxylic acids is 1. The van der Waals surface area contributed by atoms with Crippen LogP contribution in [-0.2, 0) is 11.3 Å². The van der Waals surface area contributed by atoms with Gasteiger partial charge in [0.1, 0.15) is 11.3 Å². The second-order valence-corrected chi connectivity index (χ2v) is 4.54. The maximum Gasteiger partial charge on any atom is 0.339 e. The Morgan fingerprint density at radius 3 is 2.43 bits per heavy atom. The number of para-hydroxylation sites is 1. The van der Waals surface area contributed by atoms with Crippen molar-refractivity contribution < 1.29 is 19.4 Å². The molecule has 0 amide bonds. The summed E-state index contributed by atoms with van der Waals surface area (Å²) in [5, 5.41) is 9.03. The van der Waals surface area contributed by atoms with Crippen molar-refractivity contribution >= 4 is 5.97 Å². The van der Waals surface area contributed by atoms with Crippen LogP contribution in [0.4, 0.5) is 0 Å². The maximum atomic E-state index is 11.0. The van der Waals surface area contributed by atoms with Gasteiger partial charge in [-0.2, -0.15) is 0 Å². The lowest BCUT2D eigenvalue weighted by Gasteiger charge is -2.09. The van der Waals surface area contributed by atoms with Crippen LogP contribution in [-0.4, -0.2) is 24.3 Å². The molecular weight excluding hydrogens is 268 g/mol. The minimum Gasteiger partial charge on any atom is -0.493 e. The molecule has 1 N–H and O–H groups in total. The number of hydrogen-bond acceptors (Lipinski definition) is 3. The van der Waals surface area contributed by atoms with Crippen LogP contribution in [0.15, 0.2) is 54.6 Å². The number of carboxylic acid groups (broad SMARTS) is 1. The van der Waals surface area contributed by atoms with Crippen molar-refractivity contribution in [1.29, 1.82) is 0 Å². The van der Waals surface area contributed by atoms with E-state index in [2.05, 4.69) is 0 Å². The first-order valence-corrected chi connectivity index (χ1v) is 6.84. The number of carbonyl (C=O) groups is 1. The van der Waals surface area contributed by atoms with Crippen LogP contribution in [0.2, 0.25) is 0 Å². The molecule has 2 aromatic rings. The first kappa shape index (κ1) is 15.1. The van der Waals surface area contributed by atoms with E-state index >= 15 is 0 Å². The van der Waals surface area contributed by atoms with E-state index in [0.29, 0.717) is 32.0 Å². The quantitative estimate of drug-likeness (QED) is 0.756. The maximum absolute atomic E-state index is 11.0. The van der Waals surface area contributed by atoms with Gasteiger partial charge in [0.05, 0.1) is 19.8 Å². The number of aromatic carboxylic acids is 1.